The Hall–Kier alpha value is -1.41. The van der Waals surface area contributed by atoms with Gasteiger partial charge in [-0.25, -0.2) is 0 Å². The molecule has 0 atom stereocenters. The molecule has 1 nitrogen and oxygen atoms in total. The van der Waals surface area contributed by atoms with Crippen LogP contribution in [0.3, 0.4) is 0 Å². The smallest absolute Gasteiger partial charge is 0.164 e. The molecule has 98 valence electrons. The van der Waals surface area contributed by atoms with Gasteiger partial charge in [-0.1, -0.05) is 66.2 Å². The van der Waals surface area contributed by atoms with Crippen LogP contribution in [0, 0.1) is 5.92 Å². The Labute approximate surface area is 122 Å². The second-order valence-electron chi connectivity index (χ2n) is 5.08. The van der Waals surface area contributed by atoms with Crippen molar-refractivity contribution in [2.45, 2.75) is 20.3 Å². The molecular weight excluding hydrogens is 300 g/mol. The molecule has 2 aromatic rings. The van der Waals surface area contributed by atoms with E-state index in [0.717, 1.165) is 21.2 Å². The van der Waals surface area contributed by atoms with E-state index in [-0.39, 0.29) is 5.78 Å². The van der Waals surface area contributed by atoms with Gasteiger partial charge >= 0.3 is 0 Å². The average Bonchev–Trinajstić information content (AvgIpc) is 2.39. The van der Waals surface area contributed by atoms with Gasteiger partial charge in [-0.3, -0.25) is 4.79 Å². The predicted octanol–water partition coefficient (Wildman–Crippen LogP) is 5.34. The first kappa shape index (κ1) is 14.0. The van der Waals surface area contributed by atoms with Gasteiger partial charge in [0.25, 0.3) is 0 Å². The molecular formula is C17H17BrO. The van der Waals surface area contributed by atoms with Crippen molar-refractivity contribution in [1.29, 1.82) is 0 Å². The molecule has 0 amide bonds. The van der Waals surface area contributed by atoms with Gasteiger partial charge in [0.15, 0.2) is 5.78 Å². The maximum Gasteiger partial charge on any atom is 0.164 e. The van der Waals surface area contributed by atoms with Crippen molar-refractivity contribution in [1.82, 2.24) is 0 Å². The van der Waals surface area contributed by atoms with E-state index >= 15 is 0 Å². The van der Waals surface area contributed by atoms with Crippen LogP contribution in [0.1, 0.15) is 30.6 Å². The summed E-state index contributed by atoms with van der Waals surface area (Å²) in [5, 5.41) is 0. The number of Topliss-reactive ketones (excluding diaryl/α,β-unsaturated/α-hetero) is 1. The minimum Gasteiger partial charge on any atom is -0.294 e. The Bertz CT molecular complexity index is 573. The molecule has 0 radical (unpaired) electrons. The second kappa shape index (κ2) is 6.16. The van der Waals surface area contributed by atoms with Gasteiger partial charge in [-0.05, 0) is 29.2 Å². The van der Waals surface area contributed by atoms with E-state index in [4.69, 9.17) is 0 Å². The van der Waals surface area contributed by atoms with E-state index in [0.29, 0.717) is 12.3 Å². The molecule has 0 fully saturated rings. The van der Waals surface area contributed by atoms with Crippen LogP contribution in [-0.4, -0.2) is 5.78 Å². The van der Waals surface area contributed by atoms with Crippen molar-refractivity contribution in [3.05, 3.63) is 58.6 Å². The van der Waals surface area contributed by atoms with E-state index in [1.165, 1.54) is 0 Å². The van der Waals surface area contributed by atoms with Gasteiger partial charge in [0, 0.05) is 16.5 Å². The summed E-state index contributed by atoms with van der Waals surface area (Å²) >= 11 is 3.47. The van der Waals surface area contributed by atoms with Crippen molar-refractivity contribution in [2.24, 2.45) is 5.92 Å². The minimum atomic E-state index is 0.194. The highest BCUT2D eigenvalue weighted by molar-refractivity contribution is 9.10. The van der Waals surface area contributed by atoms with Crippen molar-refractivity contribution in [3.8, 4) is 11.1 Å². The van der Waals surface area contributed by atoms with Gasteiger partial charge in [0.1, 0.15) is 0 Å². The third-order valence-corrected chi connectivity index (χ3v) is 3.66. The zero-order valence-electron chi connectivity index (χ0n) is 11.2. The predicted molar refractivity (Wildman–Crippen MR) is 83.4 cm³/mol. The molecule has 0 saturated carbocycles. The molecule has 2 rings (SSSR count). The topological polar surface area (TPSA) is 17.1 Å². The van der Waals surface area contributed by atoms with E-state index in [9.17, 15) is 4.79 Å². The number of halogens is 1. The first-order chi connectivity index (χ1) is 9.08. The fraction of sp³-hybridized carbons (Fsp3) is 0.235. The molecule has 19 heavy (non-hydrogen) atoms. The van der Waals surface area contributed by atoms with Crippen molar-refractivity contribution < 1.29 is 4.79 Å². The number of ketones is 1. The molecule has 0 unspecified atom stereocenters. The average molecular weight is 317 g/mol. The fourth-order valence-corrected chi connectivity index (χ4v) is 2.50. The third-order valence-electron chi connectivity index (χ3n) is 2.97. The number of carbonyl (C=O) groups excluding carboxylic acids is 1. The molecule has 0 aromatic heterocycles. The van der Waals surface area contributed by atoms with Crippen LogP contribution >= 0.6 is 15.9 Å². The molecule has 0 aliphatic heterocycles. The van der Waals surface area contributed by atoms with Gasteiger partial charge in [-0.15, -0.1) is 0 Å². The third kappa shape index (κ3) is 3.54. The number of carbonyl (C=O) groups is 1. The second-order valence-corrected chi connectivity index (χ2v) is 5.94. The highest BCUT2D eigenvalue weighted by atomic mass is 79.9. The van der Waals surface area contributed by atoms with E-state index in [1.54, 1.807) is 0 Å². The summed E-state index contributed by atoms with van der Waals surface area (Å²) in [4.78, 5) is 12.2. The summed E-state index contributed by atoms with van der Waals surface area (Å²) in [5.41, 5.74) is 2.99. The maximum absolute atomic E-state index is 12.2. The van der Waals surface area contributed by atoms with Gasteiger partial charge in [-0.2, -0.15) is 0 Å². The van der Waals surface area contributed by atoms with Crippen LogP contribution in [-0.2, 0) is 0 Å². The van der Waals surface area contributed by atoms with E-state index < -0.39 is 0 Å². The Balaban J connectivity index is 2.38. The van der Waals surface area contributed by atoms with Crippen LogP contribution in [0.4, 0.5) is 0 Å². The molecule has 0 bridgehead atoms. The molecule has 0 aliphatic carbocycles. The SMILES string of the molecule is CC(C)CC(=O)c1cc(-c2ccccc2)ccc1Br. The first-order valence-corrected chi connectivity index (χ1v) is 7.25. The van der Waals surface area contributed by atoms with Crippen LogP contribution in [0.25, 0.3) is 11.1 Å². The lowest BCUT2D eigenvalue weighted by Crippen LogP contribution is -2.04. The lowest BCUT2D eigenvalue weighted by atomic mass is 9.97. The van der Waals surface area contributed by atoms with Crippen LogP contribution in [0.15, 0.2) is 53.0 Å². The number of hydrogen-bond acceptors (Lipinski definition) is 1. The standard InChI is InChI=1S/C17H17BrO/c1-12(2)10-17(19)15-11-14(8-9-16(15)18)13-6-4-3-5-7-13/h3-9,11-12H,10H2,1-2H3. The fourth-order valence-electron chi connectivity index (χ4n) is 2.03. The van der Waals surface area contributed by atoms with Crippen molar-refractivity contribution in [2.75, 3.05) is 0 Å². The minimum absolute atomic E-state index is 0.194. The van der Waals surface area contributed by atoms with E-state index in [2.05, 4.69) is 41.9 Å². The number of rotatable bonds is 4. The van der Waals surface area contributed by atoms with Crippen LogP contribution in [0.5, 0.6) is 0 Å². The normalized spacial score (nSPS) is 10.7. The van der Waals surface area contributed by atoms with Gasteiger partial charge in [0.05, 0.1) is 0 Å². The summed E-state index contributed by atoms with van der Waals surface area (Å²) in [6.45, 7) is 4.12. The lowest BCUT2D eigenvalue weighted by Gasteiger charge is -2.09. The highest BCUT2D eigenvalue weighted by Gasteiger charge is 2.13. The van der Waals surface area contributed by atoms with Crippen LogP contribution < -0.4 is 0 Å². The molecule has 0 heterocycles. The summed E-state index contributed by atoms with van der Waals surface area (Å²) in [5.74, 6) is 0.569. The number of hydrogen-bond donors (Lipinski definition) is 0. The zero-order chi connectivity index (χ0) is 13.8. The van der Waals surface area contributed by atoms with Crippen LogP contribution in [0.2, 0.25) is 0 Å². The zero-order valence-corrected chi connectivity index (χ0v) is 12.8. The molecule has 0 aliphatic rings. The summed E-state index contributed by atoms with van der Waals surface area (Å²) in [6, 6.07) is 16.1. The van der Waals surface area contributed by atoms with Gasteiger partial charge < -0.3 is 0 Å². The highest BCUT2D eigenvalue weighted by Crippen LogP contribution is 2.27. The Morgan fingerprint density at radius 2 is 1.74 bits per heavy atom. The summed E-state index contributed by atoms with van der Waals surface area (Å²) in [7, 11) is 0. The quantitative estimate of drug-likeness (QED) is 0.695. The Morgan fingerprint density at radius 3 is 2.37 bits per heavy atom. The number of benzene rings is 2. The summed E-state index contributed by atoms with van der Waals surface area (Å²) in [6.07, 6.45) is 0.580. The largest absolute Gasteiger partial charge is 0.294 e. The Kier molecular flexibility index (Phi) is 4.54. The maximum atomic E-state index is 12.2. The molecule has 2 heteroatoms. The van der Waals surface area contributed by atoms with Crippen molar-refractivity contribution in [3.63, 3.8) is 0 Å². The molecule has 0 saturated heterocycles. The lowest BCUT2D eigenvalue weighted by molar-refractivity contribution is 0.0967. The Morgan fingerprint density at radius 1 is 1.05 bits per heavy atom. The van der Waals surface area contributed by atoms with Crippen molar-refractivity contribution >= 4 is 21.7 Å². The molecule has 0 spiro atoms. The van der Waals surface area contributed by atoms with E-state index in [1.807, 2.05) is 36.4 Å². The first-order valence-electron chi connectivity index (χ1n) is 6.46. The van der Waals surface area contributed by atoms with Gasteiger partial charge in [0.2, 0.25) is 0 Å². The summed E-state index contributed by atoms with van der Waals surface area (Å²) < 4.78 is 0.873. The molecule has 0 N–H and O–H groups in total. The molecule has 2 aromatic carbocycles. The monoisotopic (exact) mass is 316 g/mol.